The van der Waals surface area contributed by atoms with Gasteiger partial charge in [-0.15, -0.1) is 0 Å². The van der Waals surface area contributed by atoms with E-state index in [1.807, 2.05) is 25.2 Å². The second-order valence-corrected chi connectivity index (χ2v) is 4.32. The molecule has 1 aromatic rings. The molecule has 5 nitrogen and oxygen atoms in total. The molecule has 98 valence electrons. The SMILES string of the molecule is CNCNCCc1ccc2c(c1)N(C)C(=O)CO2. The Kier molecular flexibility index (Phi) is 4.17. The maximum atomic E-state index is 11.5. The van der Waals surface area contributed by atoms with Crippen LogP contribution < -0.4 is 20.3 Å². The fraction of sp³-hybridized carbons (Fsp3) is 0.462. The second kappa shape index (κ2) is 5.84. The van der Waals surface area contributed by atoms with Crippen molar-refractivity contribution in [1.29, 1.82) is 0 Å². The summed E-state index contributed by atoms with van der Waals surface area (Å²) in [4.78, 5) is 13.2. The molecule has 2 rings (SSSR count). The first-order chi connectivity index (χ1) is 8.72. The molecule has 0 aliphatic carbocycles. The van der Waals surface area contributed by atoms with E-state index in [4.69, 9.17) is 4.74 Å². The number of ether oxygens (including phenoxy) is 1. The predicted molar refractivity (Wildman–Crippen MR) is 71.0 cm³/mol. The summed E-state index contributed by atoms with van der Waals surface area (Å²) >= 11 is 0. The molecule has 0 unspecified atom stereocenters. The number of nitrogens with one attached hydrogen (secondary N) is 2. The number of rotatable bonds is 5. The van der Waals surface area contributed by atoms with Gasteiger partial charge in [0.1, 0.15) is 5.75 Å². The Morgan fingerprint density at radius 3 is 3.06 bits per heavy atom. The monoisotopic (exact) mass is 249 g/mol. The lowest BCUT2D eigenvalue weighted by Crippen LogP contribution is -2.35. The molecule has 0 fully saturated rings. The van der Waals surface area contributed by atoms with E-state index < -0.39 is 0 Å². The molecule has 0 aromatic heterocycles. The minimum atomic E-state index is -0.00652. The van der Waals surface area contributed by atoms with E-state index in [0.717, 1.165) is 31.1 Å². The van der Waals surface area contributed by atoms with Crippen LogP contribution in [0.3, 0.4) is 0 Å². The number of carbonyl (C=O) groups is 1. The van der Waals surface area contributed by atoms with Crippen LogP contribution in [0, 0.1) is 0 Å². The van der Waals surface area contributed by atoms with E-state index in [1.54, 1.807) is 11.9 Å². The lowest BCUT2D eigenvalue weighted by Gasteiger charge is -2.26. The fourth-order valence-corrected chi connectivity index (χ4v) is 1.92. The second-order valence-electron chi connectivity index (χ2n) is 4.32. The number of likely N-dealkylation sites (N-methyl/N-ethyl adjacent to an activating group) is 1. The Labute approximate surface area is 107 Å². The van der Waals surface area contributed by atoms with Gasteiger partial charge in [0.25, 0.3) is 5.91 Å². The fourth-order valence-electron chi connectivity index (χ4n) is 1.92. The van der Waals surface area contributed by atoms with E-state index in [1.165, 1.54) is 5.56 Å². The number of fused-ring (bicyclic) bond motifs is 1. The summed E-state index contributed by atoms with van der Waals surface area (Å²) in [5, 5.41) is 6.29. The van der Waals surface area contributed by atoms with Gasteiger partial charge < -0.3 is 20.3 Å². The molecule has 0 saturated carbocycles. The van der Waals surface area contributed by atoms with Crippen molar-refractivity contribution in [1.82, 2.24) is 10.6 Å². The van der Waals surface area contributed by atoms with Crippen molar-refractivity contribution in [2.75, 3.05) is 38.8 Å². The molecular formula is C13H19N3O2. The average molecular weight is 249 g/mol. The number of benzene rings is 1. The van der Waals surface area contributed by atoms with Gasteiger partial charge in [0, 0.05) is 20.3 Å². The van der Waals surface area contributed by atoms with Crippen LogP contribution in [-0.2, 0) is 11.2 Å². The normalized spacial score (nSPS) is 14.3. The first kappa shape index (κ1) is 12.9. The van der Waals surface area contributed by atoms with Crippen LogP contribution in [0.15, 0.2) is 18.2 Å². The number of nitrogens with zero attached hydrogens (tertiary/aromatic N) is 1. The summed E-state index contributed by atoms with van der Waals surface area (Å²) in [7, 11) is 3.69. The van der Waals surface area contributed by atoms with E-state index >= 15 is 0 Å². The van der Waals surface area contributed by atoms with E-state index in [2.05, 4.69) is 10.6 Å². The Morgan fingerprint density at radius 2 is 2.28 bits per heavy atom. The highest BCUT2D eigenvalue weighted by atomic mass is 16.5. The van der Waals surface area contributed by atoms with Crippen molar-refractivity contribution < 1.29 is 9.53 Å². The topological polar surface area (TPSA) is 53.6 Å². The van der Waals surface area contributed by atoms with Crippen molar-refractivity contribution >= 4 is 11.6 Å². The number of amides is 1. The number of hydrogen-bond donors (Lipinski definition) is 2. The molecule has 5 heteroatoms. The van der Waals surface area contributed by atoms with Gasteiger partial charge >= 0.3 is 0 Å². The van der Waals surface area contributed by atoms with Crippen LogP contribution in [-0.4, -0.2) is 39.8 Å². The molecular weight excluding hydrogens is 230 g/mol. The van der Waals surface area contributed by atoms with Crippen LogP contribution in [0.25, 0.3) is 0 Å². The Morgan fingerprint density at radius 1 is 1.44 bits per heavy atom. The third kappa shape index (κ3) is 2.80. The van der Waals surface area contributed by atoms with Crippen LogP contribution >= 0.6 is 0 Å². The number of anilines is 1. The molecule has 1 amide bonds. The summed E-state index contributed by atoms with van der Waals surface area (Å²) in [6.45, 7) is 1.83. The Balaban J connectivity index is 2.04. The summed E-state index contributed by atoms with van der Waals surface area (Å²) < 4.78 is 5.39. The Bertz CT molecular complexity index is 434. The zero-order valence-electron chi connectivity index (χ0n) is 10.8. The largest absolute Gasteiger partial charge is 0.482 e. The predicted octanol–water partition coefficient (Wildman–Crippen LogP) is 0.351. The zero-order valence-corrected chi connectivity index (χ0v) is 10.8. The van der Waals surface area contributed by atoms with Gasteiger partial charge in [-0.05, 0) is 31.2 Å². The van der Waals surface area contributed by atoms with Gasteiger partial charge in [-0.25, -0.2) is 0 Å². The molecule has 2 N–H and O–H groups in total. The van der Waals surface area contributed by atoms with Gasteiger partial charge in [0.15, 0.2) is 6.61 Å². The molecule has 0 spiro atoms. The highest BCUT2D eigenvalue weighted by Gasteiger charge is 2.21. The first-order valence-electron chi connectivity index (χ1n) is 6.10. The molecule has 1 heterocycles. The lowest BCUT2D eigenvalue weighted by atomic mass is 10.1. The summed E-state index contributed by atoms with van der Waals surface area (Å²) in [5.74, 6) is 0.775. The standard InChI is InChI=1S/C13H19N3O2/c1-14-9-15-6-5-10-3-4-12-11(7-10)16(2)13(17)8-18-12/h3-4,7,14-15H,5-6,8-9H2,1-2H3. The first-order valence-corrected chi connectivity index (χ1v) is 6.10. The van der Waals surface area contributed by atoms with Crippen LogP contribution in [0.1, 0.15) is 5.56 Å². The van der Waals surface area contributed by atoms with Gasteiger partial charge in [0.2, 0.25) is 0 Å². The van der Waals surface area contributed by atoms with Gasteiger partial charge in [0.05, 0.1) is 5.69 Å². The summed E-state index contributed by atoms with van der Waals surface area (Å²) in [5.41, 5.74) is 2.06. The lowest BCUT2D eigenvalue weighted by molar-refractivity contribution is -0.120. The van der Waals surface area contributed by atoms with Gasteiger partial charge in [-0.3, -0.25) is 4.79 Å². The van der Waals surface area contributed by atoms with Crippen LogP contribution in [0.4, 0.5) is 5.69 Å². The molecule has 1 aromatic carbocycles. The molecule has 1 aliphatic heterocycles. The van der Waals surface area contributed by atoms with Crippen molar-refractivity contribution in [3.05, 3.63) is 23.8 Å². The zero-order chi connectivity index (χ0) is 13.0. The number of hydrogen-bond acceptors (Lipinski definition) is 4. The smallest absolute Gasteiger partial charge is 0.264 e. The maximum absolute atomic E-state index is 11.5. The quantitative estimate of drug-likeness (QED) is 0.584. The van der Waals surface area contributed by atoms with E-state index in [0.29, 0.717) is 0 Å². The van der Waals surface area contributed by atoms with Crippen molar-refractivity contribution in [3.8, 4) is 5.75 Å². The minimum absolute atomic E-state index is 0.00652. The molecule has 0 radical (unpaired) electrons. The van der Waals surface area contributed by atoms with E-state index in [9.17, 15) is 4.79 Å². The molecule has 0 atom stereocenters. The van der Waals surface area contributed by atoms with Gasteiger partial charge in [-0.1, -0.05) is 6.07 Å². The summed E-state index contributed by atoms with van der Waals surface area (Å²) in [6, 6.07) is 6.00. The van der Waals surface area contributed by atoms with E-state index in [-0.39, 0.29) is 12.5 Å². The average Bonchev–Trinajstić information content (AvgIpc) is 2.39. The van der Waals surface area contributed by atoms with Crippen LogP contribution in [0.2, 0.25) is 0 Å². The Hall–Kier alpha value is -1.59. The molecule has 1 aliphatic rings. The van der Waals surface area contributed by atoms with Gasteiger partial charge in [-0.2, -0.15) is 0 Å². The third-order valence-corrected chi connectivity index (χ3v) is 3.00. The molecule has 0 bridgehead atoms. The maximum Gasteiger partial charge on any atom is 0.264 e. The minimum Gasteiger partial charge on any atom is -0.482 e. The molecule has 0 saturated heterocycles. The highest BCUT2D eigenvalue weighted by Crippen LogP contribution is 2.31. The van der Waals surface area contributed by atoms with Crippen molar-refractivity contribution in [3.63, 3.8) is 0 Å². The highest BCUT2D eigenvalue weighted by molar-refractivity contribution is 5.97. The van der Waals surface area contributed by atoms with Crippen molar-refractivity contribution in [2.45, 2.75) is 6.42 Å². The summed E-state index contributed by atoms with van der Waals surface area (Å²) in [6.07, 6.45) is 0.928. The number of carbonyl (C=O) groups excluding carboxylic acids is 1. The molecule has 18 heavy (non-hydrogen) atoms. The van der Waals surface area contributed by atoms with Crippen molar-refractivity contribution in [2.24, 2.45) is 0 Å². The van der Waals surface area contributed by atoms with Crippen LogP contribution in [0.5, 0.6) is 5.75 Å². The third-order valence-electron chi connectivity index (χ3n) is 3.00.